The molecule has 0 fully saturated rings. The van der Waals surface area contributed by atoms with Gasteiger partial charge in [0.15, 0.2) is 0 Å². The average molecular weight is 372 g/mol. The maximum Gasteiger partial charge on any atom is 0.304 e. The minimum absolute atomic E-state index is 0.0694. The van der Waals surface area contributed by atoms with Crippen LogP contribution in [-0.2, 0) is 9.59 Å². The van der Waals surface area contributed by atoms with E-state index in [1.165, 1.54) is 70.6 Å². The maximum atomic E-state index is 10.3. The van der Waals surface area contributed by atoms with Crippen LogP contribution in [0.15, 0.2) is 12.2 Å². The van der Waals surface area contributed by atoms with Gasteiger partial charge in [0.1, 0.15) is 0 Å². The molecule has 26 heavy (non-hydrogen) atoms. The van der Waals surface area contributed by atoms with Crippen LogP contribution in [0.4, 0.5) is 0 Å². The number of hydrogen-bond acceptors (Lipinski definition) is 3. The molecular weight excluding hydrogens is 330 g/mol. The third kappa shape index (κ3) is 30.5. The van der Waals surface area contributed by atoms with Gasteiger partial charge < -0.3 is 15.9 Å². The average Bonchev–Trinajstić information content (AvgIpc) is 2.58. The summed E-state index contributed by atoms with van der Waals surface area (Å²) in [6.45, 7) is 2.49. The molecule has 0 saturated carbocycles. The Morgan fingerprint density at radius 3 is 1.50 bits per heavy atom. The second-order valence-electron chi connectivity index (χ2n) is 6.66. The van der Waals surface area contributed by atoms with Crippen molar-refractivity contribution < 1.29 is 19.8 Å². The molecule has 0 aromatic rings. The van der Waals surface area contributed by atoms with Gasteiger partial charge in [0.2, 0.25) is 0 Å². The fourth-order valence-electron chi connectivity index (χ4n) is 2.47. The first kappa shape index (κ1) is 26.9. The number of carboxylic acid groups (broad SMARTS) is 2. The normalized spacial score (nSPS) is 10.5. The Labute approximate surface area is 160 Å². The van der Waals surface area contributed by atoms with E-state index in [4.69, 9.17) is 15.9 Å². The van der Waals surface area contributed by atoms with Crippen molar-refractivity contribution in [3.05, 3.63) is 12.2 Å². The zero-order valence-corrected chi connectivity index (χ0v) is 16.8. The maximum absolute atomic E-state index is 10.3. The fraction of sp³-hybridized carbons (Fsp3) is 0.810. The molecule has 5 nitrogen and oxygen atoms in total. The molecule has 0 rings (SSSR count). The first-order valence-corrected chi connectivity index (χ1v) is 10.3. The van der Waals surface area contributed by atoms with Gasteiger partial charge in [-0.3, -0.25) is 9.59 Å². The third-order valence-electron chi connectivity index (χ3n) is 4.01. The summed E-state index contributed by atoms with van der Waals surface area (Å²) >= 11 is 0. The summed E-state index contributed by atoms with van der Waals surface area (Å²) in [6, 6.07) is 0. The number of allylic oxidation sites excluding steroid dienone is 2. The van der Waals surface area contributed by atoms with Crippen LogP contribution in [0.25, 0.3) is 0 Å². The highest BCUT2D eigenvalue weighted by Crippen LogP contribution is 2.09. The van der Waals surface area contributed by atoms with Gasteiger partial charge in [0.05, 0.1) is 6.42 Å². The number of aliphatic carboxylic acids is 2. The summed E-state index contributed by atoms with van der Waals surface area (Å²) < 4.78 is 0. The summed E-state index contributed by atoms with van der Waals surface area (Å²) in [5.41, 5.74) is 4.85. The molecule has 0 saturated heterocycles. The van der Waals surface area contributed by atoms with Gasteiger partial charge in [-0.2, -0.15) is 0 Å². The summed E-state index contributed by atoms with van der Waals surface area (Å²) in [4.78, 5) is 19.8. The molecule has 0 radical (unpaired) electrons. The van der Waals surface area contributed by atoms with E-state index in [9.17, 15) is 9.59 Å². The van der Waals surface area contributed by atoms with E-state index in [0.717, 1.165) is 12.8 Å². The Morgan fingerprint density at radius 1 is 0.692 bits per heavy atom. The van der Waals surface area contributed by atoms with Crippen LogP contribution >= 0.6 is 0 Å². The molecule has 0 aromatic heterocycles. The van der Waals surface area contributed by atoms with Crippen molar-refractivity contribution in [2.24, 2.45) is 5.73 Å². The largest absolute Gasteiger partial charge is 0.481 e. The molecule has 0 spiro atoms. The van der Waals surface area contributed by atoms with Gasteiger partial charge in [0, 0.05) is 13.0 Å². The molecule has 154 valence electrons. The lowest BCUT2D eigenvalue weighted by molar-refractivity contribution is -0.138. The first-order chi connectivity index (χ1) is 12.5. The molecule has 0 aliphatic carbocycles. The van der Waals surface area contributed by atoms with E-state index in [-0.39, 0.29) is 13.0 Å². The van der Waals surface area contributed by atoms with Crippen molar-refractivity contribution in [1.29, 1.82) is 0 Å². The SMILES string of the molecule is CCCCCCCC/C=C\CCCCCCCC(=O)O.NCCC(=O)O. The highest BCUT2D eigenvalue weighted by Gasteiger charge is 1.95. The van der Waals surface area contributed by atoms with Crippen molar-refractivity contribution >= 4 is 11.9 Å². The smallest absolute Gasteiger partial charge is 0.304 e. The Bertz CT molecular complexity index is 343. The molecule has 0 aliphatic heterocycles. The molecule has 0 atom stereocenters. The molecule has 0 aromatic carbocycles. The van der Waals surface area contributed by atoms with Crippen LogP contribution in [-0.4, -0.2) is 28.7 Å². The van der Waals surface area contributed by atoms with Crippen LogP contribution in [0.5, 0.6) is 0 Å². The van der Waals surface area contributed by atoms with E-state index in [2.05, 4.69) is 19.1 Å². The minimum atomic E-state index is -0.836. The van der Waals surface area contributed by atoms with E-state index in [0.29, 0.717) is 6.42 Å². The predicted molar refractivity (Wildman–Crippen MR) is 108 cm³/mol. The van der Waals surface area contributed by atoms with Crippen LogP contribution in [0.1, 0.15) is 103 Å². The van der Waals surface area contributed by atoms with Gasteiger partial charge >= 0.3 is 11.9 Å². The Balaban J connectivity index is 0. The topological polar surface area (TPSA) is 101 Å². The van der Waals surface area contributed by atoms with E-state index in [1.807, 2.05) is 0 Å². The van der Waals surface area contributed by atoms with Crippen molar-refractivity contribution in [3.8, 4) is 0 Å². The van der Waals surface area contributed by atoms with Crippen molar-refractivity contribution in [1.82, 2.24) is 0 Å². The summed E-state index contributed by atoms with van der Waals surface area (Å²) in [5.74, 6) is -1.50. The van der Waals surface area contributed by atoms with Crippen molar-refractivity contribution in [2.45, 2.75) is 103 Å². The lowest BCUT2D eigenvalue weighted by Gasteiger charge is -1.99. The van der Waals surface area contributed by atoms with Gasteiger partial charge in [-0.05, 0) is 32.1 Å². The number of nitrogens with two attached hydrogens (primary N) is 1. The number of unbranched alkanes of at least 4 members (excludes halogenated alkanes) is 11. The summed E-state index contributed by atoms with van der Waals surface area (Å²) in [5, 5.41) is 16.3. The number of carboxylic acids is 2. The van der Waals surface area contributed by atoms with E-state index >= 15 is 0 Å². The van der Waals surface area contributed by atoms with E-state index in [1.54, 1.807) is 0 Å². The van der Waals surface area contributed by atoms with Crippen LogP contribution in [0.3, 0.4) is 0 Å². The summed E-state index contributed by atoms with van der Waals surface area (Å²) in [7, 11) is 0. The third-order valence-corrected chi connectivity index (χ3v) is 4.01. The van der Waals surface area contributed by atoms with Gasteiger partial charge in [-0.25, -0.2) is 0 Å². The second kappa shape index (κ2) is 23.6. The number of rotatable bonds is 17. The Hall–Kier alpha value is -1.36. The zero-order chi connectivity index (χ0) is 19.9. The first-order valence-electron chi connectivity index (χ1n) is 10.3. The highest BCUT2D eigenvalue weighted by atomic mass is 16.4. The highest BCUT2D eigenvalue weighted by molar-refractivity contribution is 5.66. The molecule has 4 N–H and O–H groups in total. The molecule has 0 bridgehead atoms. The van der Waals surface area contributed by atoms with Crippen molar-refractivity contribution in [3.63, 3.8) is 0 Å². The quantitative estimate of drug-likeness (QED) is 0.230. The standard InChI is InChI=1S/C18H34O2.C3H7NO2/c1-2-3-4-5-6-7-8-9-10-11-12-13-14-15-16-17-18(19)20;4-2-1-3(5)6/h9-10H,2-8,11-17H2,1H3,(H,19,20);1-2,4H2,(H,5,6)/b10-9-;. The zero-order valence-electron chi connectivity index (χ0n) is 16.8. The van der Waals surface area contributed by atoms with E-state index < -0.39 is 11.9 Å². The summed E-state index contributed by atoms with van der Waals surface area (Å²) in [6.07, 6.45) is 21.3. The van der Waals surface area contributed by atoms with Crippen LogP contribution in [0, 0.1) is 0 Å². The molecule has 0 unspecified atom stereocenters. The minimum Gasteiger partial charge on any atom is -0.481 e. The second-order valence-corrected chi connectivity index (χ2v) is 6.66. The molecule has 0 heterocycles. The van der Waals surface area contributed by atoms with Gasteiger partial charge in [-0.1, -0.05) is 70.4 Å². The predicted octanol–water partition coefficient (Wildman–Crippen LogP) is 5.53. The molecule has 0 aliphatic rings. The molecule has 5 heteroatoms. The van der Waals surface area contributed by atoms with Crippen molar-refractivity contribution in [2.75, 3.05) is 6.54 Å². The van der Waals surface area contributed by atoms with Gasteiger partial charge in [-0.15, -0.1) is 0 Å². The molecule has 0 amide bonds. The monoisotopic (exact) mass is 371 g/mol. The van der Waals surface area contributed by atoms with Crippen LogP contribution in [0.2, 0.25) is 0 Å². The Kier molecular flexibility index (Phi) is 24.4. The number of carbonyl (C=O) groups is 2. The fourth-order valence-corrected chi connectivity index (χ4v) is 2.47. The van der Waals surface area contributed by atoms with Crippen LogP contribution < -0.4 is 5.73 Å². The lowest BCUT2D eigenvalue weighted by Crippen LogP contribution is -2.05. The molecular formula is C21H41NO4. The van der Waals surface area contributed by atoms with Gasteiger partial charge in [0.25, 0.3) is 0 Å². The Morgan fingerprint density at radius 2 is 1.12 bits per heavy atom. The number of hydrogen-bond donors (Lipinski definition) is 3. The lowest BCUT2D eigenvalue weighted by atomic mass is 10.1.